The van der Waals surface area contributed by atoms with Crippen LogP contribution in [0.5, 0.6) is 0 Å². The van der Waals surface area contributed by atoms with Gasteiger partial charge in [-0.3, -0.25) is 4.79 Å². The Morgan fingerprint density at radius 2 is 0.630 bits per heavy atom. The van der Waals surface area contributed by atoms with Crippen molar-refractivity contribution in [2.45, 2.75) is 302 Å². The molecule has 0 saturated carbocycles. The van der Waals surface area contributed by atoms with Crippen LogP contribution in [0.3, 0.4) is 0 Å². The lowest BCUT2D eigenvalue weighted by atomic mass is 10.0. The summed E-state index contributed by atoms with van der Waals surface area (Å²) in [6.45, 7) is 4.30. The SMILES string of the molecule is CCCCCCCCCCCCCCCCCCCCCCCCC(O)CC(=O)NC(CO)C(O)CCCCCCCCCCCCCCCCCCC. The molecule has 5 nitrogen and oxygen atoms in total. The maximum atomic E-state index is 12.5. The van der Waals surface area contributed by atoms with Crippen molar-refractivity contribution in [2.75, 3.05) is 6.61 Å². The van der Waals surface area contributed by atoms with E-state index in [0.717, 1.165) is 25.7 Å². The van der Waals surface area contributed by atoms with Crippen LogP contribution in [0.2, 0.25) is 0 Å². The molecule has 0 spiro atoms. The van der Waals surface area contributed by atoms with E-state index in [2.05, 4.69) is 19.2 Å². The molecule has 0 aliphatic carbocycles. The normalized spacial score (nSPS) is 13.4. The van der Waals surface area contributed by atoms with Crippen molar-refractivity contribution in [2.24, 2.45) is 0 Å². The quantitative estimate of drug-likeness (QED) is 0.0465. The highest BCUT2D eigenvalue weighted by atomic mass is 16.3. The number of hydrogen-bond donors (Lipinski definition) is 4. The number of carbonyl (C=O) groups excluding carboxylic acids is 1. The smallest absolute Gasteiger partial charge is 0.222 e. The first-order chi connectivity index (χ1) is 26.5. The van der Waals surface area contributed by atoms with Gasteiger partial charge in [0.15, 0.2) is 0 Å². The van der Waals surface area contributed by atoms with Gasteiger partial charge in [-0.25, -0.2) is 0 Å². The van der Waals surface area contributed by atoms with E-state index in [1.165, 1.54) is 225 Å². The Kier molecular flexibility index (Phi) is 44.5. The second-order valence-electron chi connectivity index (χ2n) is 17.4. The minimum absolute atomic E-state index is 0.0433. The molecule has 0 saturated heterocycles. The Bertz CT molecular complexity index is 718. The zero-order chi connectivity index (χ0) is 39.4. The van der Waals surface area contributed by atoms with E-state index >= 15 is 0 Å². The molecular weight excluding hydrogens is 667 g/mol. The summed E-state index contributed by atoms with van der Waals surface area (Å²) in [7, 11) is 0. The minimum atomic E-state index is -0.744. The van der Waals surface area contributed by atoms with Crippen molar-refractivity contribution in [1.29, 1.82) is 0 Å². The molecule has 0 aliphatic rings. The summed E-state index contributed by atoms with van der Waals surface area (Å²) in [5.41, 5.74) is 0. The highest BCUT2D eigenvalue weighted by Gasteiger charge is 2.21. The molecule has 0 aromatic heterocycles. The summed E-state index contributed by atoms with van der Waals surface area (Å²) in [4.78, 5) is 12.5. The number of amides is 1. The molecule has 0 bridgehead atoms. The first-order valence-electron chi connectivity index (χ1n) is 24.8. The van der Waals surface area contributed by atoms with Crippen LogP contribution in [-0.2, 0) is 4.79 Å². The summed E-state index contributed by atoms with van der Waals surface area (Å²) in [5.74, 6) is -0.276. The van der Waals surface area contributed by atoms with Crippen molar-refractivity contribution in [3.05, 3.63) is 0 Å². The van der Waals surface area contributed by atoms with Crippen LogP contribution < -0.4 is 5.32 Å². The number of aliphatic hydroxyl groups is 3. The van der Waals surface area contributed by atoms with Crippen LogP contribution in [0.1, 0.15) is 284 Å². The van der Waals surface area contributed by atoms with Crippen LogP contribution >= 0.6 is 0 Å². The van der Waals surface area contributed by atoms with Gasteiger partial charge in [-0.05, 0) is 12.8 Å². The average Bonchev–Trinajstić information content (AvgIpc) is 3.16. The summed E-state index contributed by atoms with van der Waals surface area (Å²) in [6, 6.07) is -0.653. The largest absolute Gasteiger partial charge is 0.394 e. The molecule has 0 heterocycles. The van der Waals surface area contributed by atoms with E-state index in [4.69, 9.17) is 0 Å². The number of unbranched alkanes of at least 4 members (excludes halogenated alkanes) is 37. The van der Waals surface area contributed by atoms with Crippen LogP contribution in [0.25, 0.3) is 0 Å². The van der Waals surface area contributed by atoms with Gasteiger partial charge in [-0.2, -0.15) is 0 Å². The van der Waals surface area contributed by atoms with Crippen molar-refractivity contribution in [3.8, 4) is 0 Å². The Balaban J connectivity index is 3.53. The molecule has 0 aliphatic heterocycles. The van der Waals surface area contributed by atoms with Crippen LogP contribution in [0, 0.1) is 0 Å². The minimum Gasteiger partial charge on any atom is -0.394 e. The van der Waals surface area contributed by atoms with Crippen LogP contribution in [0.15, 0.2) is 0 Å². The average molecular weight is 766 g/mol. The van der Waals surface area contributed by atoms with Gasteiger partial charge < -0.3 is 20.6 Å². The zero-order valence-electron chi connectivity index (χ0n) is 36.9. The van der Waals surface area contributed by atoms with Gasteiger partial charge in [0.05, 0.1) is 31.3 Å². The monoisotopic (exact) mass is 766 g/mol. The topological polar surface area (TPSA) is 89.8 Å². The molecule has 0 rings (SSSR count). The fourth-order valence-corrected chi connectivity index (χ4v) is 8.11. The molecule has 0 aromatic carbocycles. The fourth-order valence-electron chi connectivity index (χ4n) is 8.11. The molecular formula is C49H99NO4. The number of hydrogen-bond acceptors (Lipinski definition) is 4. The predicted molar refractivity (Wildman–Crippen MR) is 236 cm³/mol. The van der Waals surface area contributed by atoms with Gasteiger partial charge >= 0.3 is 0 Å². The van der Waals surface area contributed by atoms with Gasteiger partial charge in [0.1, 0.15) is 0 Å². The maximum Gasteiger partial charge on any atom is 0.222 e. The Morgan fingerprint density at radius 1 is 0.389 bits per heavy atom. The van der Waals surface area contributed by atoms with Crippen LogP contribution in [0.4, 0.5) is 0 Å². The lowest BCUT2D eigenvalue weighted by Gasteiger charge is -2.23. The molecule has 0 aromatic rings. The van der Waals surface area contributed by atoms with Crippen molar-refractivity contribution >= 4 is 5.91 Å². The number of carbonyl (C=O) groups is 1. The fraction of sp³-hybridized carbons (Fsp3) is 0.980. The third kappa shape index (κ3) is 41.0. The lowest BCUT2D eigenvalue weighted by molar-refractivity contribution is -0.125. The third-order valence-electron chi connectivity index (χ3n) is 11.9. The first-order valence-corrected chi connectivity index (χ1v) is 24.8. The number of nitrogens with one attached hydrogen (secondary N) is 1. The van der Waals surface area contributed by atoms with E-state index in [-0.39, 0.29) is 18.9 Å². The summed E-state index contributed by atoms with van der Waals surface area (Å²) in [5, 5.41) is 33.5. The molecule has 5 heteroatoms. The van der Waals surface area contributed by atoms with Crippen molar-refractivity contribution < 1.29 is 20.1 Å². The van der Waals surface area contributed by atoms with E-state index in [0.29, 0.717) is 12.8 Å². The Hall–Kier alpha value is -0.650. The van der Waals surface area contributed by atoms with Gasteiger partial charge in [-0.15, -0.1) is 0 Å². The zero-order valence-corrected chi connectivity index (χ0v) is 36.9. The van der Waals surface area contributed by atoms with E-state index < -0.39 is 18.2 Å². The Labute approximate surface area is 338 Å². The summed E-state index contributed by atoms with van der Waals surface area (Å²) in [6.07, 6.45) is 52.3. The summed E-state index contributed by atoms with van der Waals surface area (Å²) < 4.78 is 0. The molecule has 3 atom stereocenters. The lowest BCUT2D eigenvalue weighted by Crippen LogP contribution is -2.46. The van der Waals surface area contributed by atoms with Crippen LogP contribution in [-0.4, -0.2) is 46.1 Å². The van der Waals surface area contributed by atoms with E-state index in [1.807, 2.05) is 0 Å². The van der Waals surface area contributed by atoms with Crippen molar-refractivity contribution in [1.82, 2.24) is 5.32 Å². The van der Waals surface area contributed by atoms with E-state index in [9.17, 15) is 20.1 Å². The van der Waals surface area contributed by atoms with E-state index in [1.54, 1.807) is 0 Å². The maximum absolute atomic E-state index is 12.5. The molecule has 54 heavy (non-hydrogen) atoms. The predicted octanol–water partition coefficient (Wildman–Crippen LogP) is 14.6. The third-order valence-corrected chi connectivity index (χ3v) is 11.9. The van der Waals surface area contributed by atoms with Crippen molar-refractivity contribution in [3.63, 3.8) is 0 Å². The first kappa shape index (κ1) is 53.4. The number of aliphatic hydroxyl groups excluding tert-OH is 3. The molecule has 4 N–H and O–H groups in total. The molecule has 1 amide bonds. The second-order valence-corrected chi connectivity index (χ2v) is 17.4. The van der Waals surface area contributed by atoms with Gasteiger partial charge in [0, 0.05) is 0 Å². The van der Waals surface area contributed by atoms with Gasteiger partial charge in [0.2, 0.25) is 5.91 Å². The molecule has 3 unspecified atom stereocenters. The molecule has 0 radical (unpaired) electrons. The van der Waals surface area contributed by atoms with Gasteiger partial charge in [0.25, 0.3) is 0 Å². The Morgan fingerprint density at radius 3 is 0.889 bits per heavy atom. The van der Waals surface area contributed by atoms with Gasteiger partial charge in [-0.1, -0.05) is 264 Å². The number of rotatable bonds is 46. The highest BCUT2D eigenvalue weighted by Crippen LogP contribution is 2.18. The summed E-state index contributed by atoms with van der Waals surface area (Å²) >= 11 is 0. The molecule has 324 valence electrons. The standard InChI is InChI=1S/C49H99NO4/c1-3-5-7-9-11-13-15-17-19-21-22-23-24-25-27-28-30-32-34-36-38-40-42-46(52)44-49(54)50-47(45-51)48(53)43-41-39-37-35-33-31-29-26-20-18-16-14-12-10-8-6-4-2/h46-48,51-53H,3-45H2,1-2H3,(H,50,54). The molecule has 0 fully saturated rings. The second kappa shape index (κ2) is 45.1. The highest BCUT2D eigenvalue weighted by molar-refractivity contribution is 5.76.